The van der Waals surface area contributed by atoms with Crippen molar-refractivity contribution in [2.24, 2.45) is 0 Å². The van der Waals surface area contributed by atoms with Gasteiger partial charge in [0.1, 0.15) is 29.9 Å². The minimum Gasteiger partial charge on any atom is -0.469 e. The van der Waals surface area contributed by atoms with Gasteiger partial charge >= 0.3 is 0 Å². The first-order chi connectivity index (χ1) is 68.9. The summed E-state index contributed by atoms with van der Waals surface area (Å²) in [7, 11) is 0. The molecule has 13 aromatic heterocycles. The van der Waals surface area contributed by atoms with Crippen LogP contribution in [-0.2, 0) is 0 Å². The molecule has 0 unspecified atom stereocenters. The van der Waals surface area contributed by atoms with Crippen LogP contribution in [0, 0.1) is 0 Å². The molecule has 18 nitrogen and oxygen atoms in total. The summed E-state index contributed by atoms with van der Waals surface area (Å²) >= 11 is 7.07. The Balaban J connectivity index is 0.000000802. The number of hydrogen-bond acceptors (Lipinski definition) is 22. The van der Waals surface area contributed by atoms with Crippen LogP contribution in [0.1, 0.15) is 659 Å². The van der Waals surface area contributed by atoms with E-state index in [0.29, 0.717) is 154 Å². The van der Waals surface area contributed by atoms with Gasteiger partial charge in [-0.3, -0.25) is 19.9 Å². The van der Waals surface area contributed by atoms with Crippen molar-refractivity contribution in [3.8, 4) is 0 Å². The lowest BCUT2D eigenvalue weighted by Crippen LogP contribution is -1.99. The molecule has 0 atom stereocenters. The van der Waals surface area contributed by atoms with Crippen molar-refractivity contribution in [3.05, 3.63) is 278 Å². The van der Waals surface area contributed by atoms with Crippen LogP contribution in [0.15, 0.2) is 151 Å². The Morgan fingerprint density at radius 3 is 0.743 bits per heavy atom. The number of thiazole rings is 2. The van der Waals surface area contributed by atoms with Crippen molar-refractivity contribution in [2.45, 2.75) is 514 Å². The molecule has 0 radical (unpaired) electrons. The lowest BCUT2D eigenvalue weighted by atomic mass is 10.0. The molecular weight excluding hydrogens is 1900 g/mol. The van der Waals surface area contributed by atoms with Gasteiger partial charge in [-0.05, 0) is 200 Å². The first kappa shape index (κ1) is 137. The van der Waals surface area contributed by atoms with Gasteiger partial charge in [-0.2, -0.15) is 14.6 Å². The molecule has 826 valence electrons. The summed E-state index contributed by atoms with van der Waals surface area (Å²) in [5.74, 6) is 18.3. The minimum absolute atomic E-state index is 0.391. The second-order valence-corrected chi connectivity index (χ2v) is 50.1. The molecule has 13 aromatic rings. The molecule has 0 aromatic carbocycles. The Morgan fingerprint density at radius 2 is 0.541 bits per heavy atom. The maximum Gasteiger partial charge on any atom is 0.196 e. The number of aromatic nitrogens is 14. The number of rotatable bonds is 26. The van der Waals surface area contributed by atoms with Crippen molar-refractivity contribution in [2.75, 3.05) is 0 Å². The molecule has 0 saturated carbocycles. The summed E-state index contributed by atoms with van der Waals surface area (Å²) in [4.78, 5) is 46.7. The van der Waals surface area contributed by atoms with Crippen molar-refractivity contribution < 1.29 is 17.8 Å². The van der Waals surface area contributed by atoms with Crippen LogP contribution in [0.5, 0.6) is 0 Å². The van der Waals surface area contributed by atoms with Gasteiger partial charge in [0.2, 0.25) is 0 Å². The van der Waals surface area contributed by atoms with E-state index in [9.17, 15) is 0 Å². The third-order valence-corrected chi connectivity index (χ3v) is 28.1. The number of pyridine rings is 2. The highest BCUT2D eigenvalue weighted by atomic mass is 32.1. The van der Waals surface area contributed by atoms with Gasteiger partial charge in [0.15, 0.2) is 11.8 Å². The summed E-state index contributed by atoms with van der Waals surface area (Å²) in [6.07, 6.45) is 16.9. The van der Waals surface area contributed by atoms with Gasteiger partial charge in [0.25, 0.3) is 0 Å². The Labute approximate surface area is 918 Å². The number of hydrogen-bond donors (Lipinski definition) is 0. The largest absolute Gasteiger partial charge is 0.469 e. The van der Waals surface area contributed by atoms with Crippen molar-refractivity contribution in [1.82, 2.24) is 69.6 Å². The SMILES string of the molecule is CC(C)c1cc(C(C)C)on1.CC(C)c1cc(C(C)C)sn1.CC(C)c1ccc(C(C)C)nc1.CC(C)c1ccc(C(C)C)nc1.CC(C)c1ccc(C(C)C)nn1.CC(C)c1cnc(C(C)C)cn1.CC(C)c1cnc(C(C)C)nc1.CC(C)c1coc(C(C)C)c1.CC(C)c1coc(C(C)C)n1.CC(C)c1coc(C(C)C)n1.CC(C)c1csc(C(C)C)c1.CC(C)c1csc(C(C)C)n1.CC(C)c1csc(C(C)C)n1. The number of thiophene rings is 1. The molecule has 13 heterocycles. The lowest BCUT2D eigenvalue weighted by molar-refractivity contribution is 0.363. The van der Waals surface area contributed by atoms with E-state index < -0.39 is 0 Å². The Morgan fingerprint density at radius 1 is 0.203 bits per heavy atom. The van der Waals surface area contributed by atoms with Gasteiger partial charge in [-0.15, -0.1) is 34.0 Å². The average molecular weight is 2110 g/mol. The van der Waals surface area contributed by atoms with Crippen molar-refractivity contribution in [1.29, 1.82) is 0 Å². The summed E-state index contributed by atoms with van der Waals surface area (Å²) in [6.45, 7) is 112. The molecule has 0 aliphatic heterocycles. The zero-order valence-corrected chi connectivity index (χ0v) is 106. The first-order valence-electron chi connectivity index (χ1n) is 55.2. The van der Waals surface area contributed by atoms with E-state index in [0.717, 1.165) is 69.0 Å². The first-order valence-corrected chi connectivity index (χ1v) is 58.6. The molecule has 0 saturated heterocycles. The average Bonchev–Trinajstić information content (AvgIpc) is 1.84. The van der Waals surface area contributed by atoms with E-state index in [-0.39, 0.29) is 0 Å². The maximum atomic E-state index is 5.39. The zero-order chi connectivity index (χ0) is 113. The monoisotopic (exact) mass is 2110 g/mol. The summed E-state index contributed by atoms with van der Waals surface area (Å²) in [6, 6.07) is 21.5. The summed E-state index contributed by atoms with van der Waals surface area (Å²) in [5.41, 5.74) is 20.1. The van der Waals surface area contributed by atoms with Crippen LogP contribution in [0.3, 0.4) is 0 Å². The van der Waals surface area contributed by atoms with Crippen LogP contribution < -0.4 is 0 Å². The zero-order valence-electron chi connectivity index (χ0n) is 102. The number of oxazole rings is 2. The predicted octanol–water partition coefficient (Wildman–Crippen LogP) is 41.3. The molecule has 0 amide bonds. The second-order valence-electron chi connectivity index (χ2n) is 46.5. The molecule has 22 heteroatoms. The van der Waals surface area contributed by atoms with Crippen LogP contribution >= 0.6 is 45.5 Å². The molecule has 148 heavy (non-hydrogen) atoms. The number of nitrogens with zero attached hydrogens (tertiary/aromatic N) is 14. The van der Waals surface area contributed by atoms with Crippen molar-refractivity contribution in [3.63, 3.8) is 0 Å². The van der Waals surface area contributed by atoms with Crippen LogP contribution in [0.2, 0.25) is 0 Å². The smallest absolute Gasteiger partial charge is 0.196 e. The second kappa shape index (κ2) is 71.0. The molecule has 0 fully saturated rings. The highest BCUT2D eigenvalue weighted by molar-refractivity contribution is 7.10. The van der Waals surface area contributed by atoms with E-state index in [4.69, 9.17) is 17.8 Å². The van der Waals surface area contributed by atoms with E-state index in [1.165, 1.54) is 76.1 Å². The third kappa shape index (κ3) is 53.8. The molecule has 0 spiro atoms. The Kier molecular flexibility index (Phi) is 65.8. The van der Waals surface area contributed by atoms with E-state index >= 15 is 0 Å². The van der Waals surface area contributed by atoms with Gasteiger partial charge in [-0.25, -0.2) is 29.9 Å². The van der Waals surface area contributed by atoms with E-state index in [1.807, 2.05) is 60.8 Å². The summed E-state index contributed by atoms with van der Waals surface area (Å²) in [5, 5.41) is 21.4. The van der Waals surface area contributed by atoms with E-state index in [2.05, 4.69) is 500 Å². The minimum atomic E-state index is 0.391. The van der Waals surface area contributed by atoms with E-state index in [1.54, 1.807) is 46.7 Å². The topological polar surface area (TPSA) is 233 Å². The fourth-order valence-electron chi connectivity index (χ4n) is 12.0. The van der Waals surface area contributed by atoms with Crippen LogP contribution in [0.25, 0.3) is 0 Å². The van der Waals surface area contributed by atoms with Gasteiger partial charge < -0.3 is 17.8 Å². The normalized spacial score (nSPS) is 11.3. The fraction of sp³-hybridized carbons (Fsp3) is 0.619. The fourth-order valence-corrected chi connectivity index (χ4v) is 16.0. The van der Waals surface area contributed by atoms with Crippen LogP contribution in [-0.4, -0.2) is 69.6 Å². The molecule has 13 rings (SSSR count). The maximum absolute atomic E-state index is 5.39. The Hall–Kier alpha value is -8.96. The predicted molar refractivity (Wildman–Crippen MR) is 640 cm³/mol. The Bertz CT molecular complexity index is 4260. The lowest BCUT2D eigenvalue weighted by Gasteiger charge is -2.07. The third-order valence-electron chi connectivity index (χ3n) is 23.4. The highest BCUT2D eigenvalue weighted by Gasteiger charge is 2.18. The van der Waals surface area contributed by atoms with Gasteiger partial charge in [-0.1, -0.05) is 377 Å². The van der Waals surface area contributed by atoms with Crippen LogP contribution in [0.4, 0.5) is 0 Å². The van der Waals surface area contributed by atoms with Gasteiger partial charge in [0, 0.05) is 117 Å². The summed E-state index contributed by atoms with van der Waals surface area (Å²) < 4.78 is 25.5. The molecule has 0 bridgehead atoms. The van der Waals surface area contributed by atoms with Crippen molar-refractivity contribution >= 4 is 45.5 Å². The molecule has 0 aliphatic rings. The quantitative estimate of drug-likeness (QED) is 0.0490. The molecule has 0 aliphatic carbocycles. The standard InChI is InChI=1S/2C11H17N.3C10H16N2.C10H16O.C10H16S.3C9H15NO.3C9H15NS/c2*1-8(2)10-5-6-11(9(3)4)12-7-10;1-7(2)9-5-12-10(6-11-9)8(3)4;1-7(2)9-5-11-10(8(3)4)12-6-9;1-7(2)9-5-6-10(8(3)4)12-11-9;2*1-7(2)9-5-10(8(3)4)11-6-9;2*1-6(2)8-5-11-9(10-8)7(3)4;1-6(2)8-5-9(7(3)4)11-10-8;2*1-6(2)8-5-11-9(10-8)7(3)4;1-6(2)8-5-9(7(3)4)11-10-8/h2*5-9H,1-4H3;3*5-8H,1-4H3;2*5-8H,1-4H3;6*5-7H,1-4H3. The van der Waals surface area contributed by atoms with Gasteiger partial charge in [0.05, 0.1) is 73.2 Å². The molecule has 0 N–H and O–H groups in total. The highest BCUT2D eigenvalue weighted by Crippen LogP contribution is 2.32. The molecular formula is C126H204N14O4S4. The number of furan rings is 1.